The monoisotopic (exact) mass is 516 g/mol. The smallest absolute Gasteiger partial charge is 0.298 e. The summed E-state index contributed by atoms with van der Waals surface area (Å²) in [6, 6.07) is 4.56. The number of fused-ring (bicyclic) bond motifs is 1. The largest absolute Gasteiger partial charge is 0.423 e. The molecule has 3 aromatic rings. The number of thiazole rings is 1. The molecule has 0 saturated carbocycles. The lowest BCUT2D eigenvalue weighted by atomic mass is 10.1. The van der Waals surface area contributed by atoms with Gasteiger partial charge in [-0.3, -0.25) is 4.79 Å². The van der Waals surface area contributed by atoms with Gasteiger partial charge in [-0.25, -0.2) is 4.98 Å². The van der Waals surface area contributed by atoms with E-state index in [2.05, 4.69) is 38.8 Å². The first-order valence-electron chi connectivity index (χ1n) is 12.6. The lowest BCUT2D eigenvalue weighted by Gasteiger charge is -2.27. The summed E-state index contributed by atoms with van der Waals surface area (Å²) in [5.41, 5.74) is 10.7. The Balaban J connectivity index is 1.46. The summed E-state index contributed by atoms with van der Waals surface area (Å²) < 4.78 is 6.16. The van der Waals surface area contributed by atoms with Crippen LogP contribution >= 0.6 is 11.3 Å². The average Bonchev–Trinajstić information content (AvgIpc) is 3.56. The SMILES string of the molecule is C=C(C)/C=C(\C=C/N)c1nc(C(=O)Nc2cc3oc(N4CCCCC4)nc3cc2N2CC=CCC2)cs1. The molecule has 0 atom stereocenters. The Labute approximate surface area is 220 Å². The summed E-state index contributed by atoms with van der Waals surface area (Å²) in [5, 5.41) is 5.55. The number of nitrogens with two attached hydrogens (primary N) is 1. The van der Waals surface area contributed by atoms with Gasteiger partial charge < -0.3 is 25.3 Å². The Kier molecular flexibility index (Phi) is 7.41. The van der Waals surface area contributed by atoms with E-state index in [1.165, 1.54) is 24.0 Å². The van der Waals surface area contributed by atoms with Crippen LogP contribution in [0.15, 0.2) is 64.6 Å². The zero-order valence-corrected chi connectivity index (χ0v) is 21.9. The van der Waals surface area contributed by atoms with E-state index in [0.717, 1.165) is 67.8 Å². The fourth-order valence-electron chi connectivity index (χ4n) is 4.64. The van der Waals surface area contributed by atoms with Crippen molar-refractivity contribution in [3.8, 4) is 0 Å². The number of oxazole rings is 1. The highest BCUT2D eigenvalue weighted by Gasteiger charge is 2.22. The number of hydrogen-bond acceptors (Lipinski definition) is 8. The third kappa shape index (κ3) is 5.61. The van der Waals surface area contributed by atoms with E-state index in [1.807, 2.05) is 25.1 Å². The maximum absolute atomic E-state index is 13.3. The van der Waals surface area contributed by atoms with Crippen LogP contribution in [0.5, 0.6) is 0 Å². The van der Waals surface area contributed by atoms with E-state index in [-0.39, 0.29) is 5.91 Å². The molecule has 0 bridgehead atoms. The quantitative estimate of drug-likeness (QED) is 0.306. The minimum absolute atomic E-state index is 0.280. The van der Waals surface area contributed by atoms with Crippen molar-refractivity contribution >= 4 is 51.3 Å². The number of benzene rings is 1. The number of nitrogens with zero attached hydrogens (tertiary/aromatic N) is 4. The molecule has 2 aliphatic rings. The molecule has 1 saturated heterocycles. The van der Waals surface area contributed by atoms with Crippen LogP contribution in [-0.2, 0) is 0 Å². The first-order chi connectivity index (χ1) is 18.0. The second kappa shape index (κ2) is 11.0. The molecule has 1 amide bonds. The maximum Gasteiger partial charge on any atom is 0.298 e. The standard InChI is InChI=1S/C28H32N6O2S/c1-19(2)15-20(9-10-29)27-31-23(18-37-27)26(35)30-21-17-25-22(16-24(21)33-11-5-3-6-12-33)32-28(36-25)34-13-7-4-8-14-34/h3,5,9-10,15-18H,1,4,6-8,11-14,29H2,2H3,(H,30,35)/b10-9-,20-15+. The molecule has 1 aromatic carbocycles. The van der Waals surface area contributed by atoms with E-state index < -0.39 is 0 Å². The Bertz CT molecular complexity index is 1390. The second-order valence-corrected chi connectivity index (χ2v) is 10.2. The van der Waals surface area contributed by atoms with Gasteiger partial charge in [0, 0.05) is 43.2 Å². The Hall–Kier alpha value is -3.85. The number of carbonyl (C=O) groups excluding carboxylic acids is 1. The van der Waals surface area contributed by atoms with Gasteiger partial charge in [-0.2, -0.15) is 4.98 Å². The van der Waals surface area contributed by atoms with Gasteiger partial charge in [0.05, 0.1) is 11.4 Å². The summed E-state index contributed by atoms with van der Waals surface area (Å²) in [4.78, 5) is 27.1. The van der Waals surface area contributed by atoms with Crippen LogP contribution in [0.4, 0.5) is 17.4 Å². The third-order valence-electron chi connectivity index (χ3n) is 6.43. The van der Waals surface area contributed by atoms with Crippen LogP contribution in [-0.4, -0.2) is 42.1 Å². The molecule has 2 aliphatic heterocycles. The van der Waals surface area contributed by atoms with Crippen molar-refractivity contribution in [3.05, 3.63) is 70.9 Å². The fourth-order valence-corrected chi connectivity index (χ4v) is 5.44. The molecule has 0 radical (unpaired) electrons. The van der Waals surface area contributed by atoms with Crippen molar-refractivity contribution in [2.45, 2.75) is 32.6 Å². The van der Waals surface area contributed by atoms with Crippen LogP contribution in [0.3, 0.4) is 0 Å². The molecule has 37 heavy (non-hydrogen) atoms. The Morgan fingerprint density at radius 3 is 2.73 bits per heavy atom. The van der Waals surface area contributed by atoms with Crippen LogP contribution in [0.1, 0.15) is 48.1 Å². The van der Waals surface area contributed by atoms with Gasteiger partial charge in [0.1, 0.15) is 16.2 Å². The summed E-state index contributed by atoms with van der Waals surface area (Å²) >= 11 is 1.39. The molecule has 4 heterocycles. The van der Waals surface area contributed by atoms with Crippen molar-refractivity contribution in [3.63, 3.8) is 0 Å². The predicted octanol–water partition coefficient (Wildman–Crippen LogP) is 5.73. The van der Waals surface area contributed by atoms with Gasteiger partial charge in [0.25, 0.3) is 11.9 Å². The normalized spacial score (nSPS) is 16.6. The Morgan fingerprint density at radius 2 is 2.00 bits per heavy atom. The van der Waals surface area contributed by atoms with Crippen molar-refractivity contribution in [2.75, 3.05) is 41.3 Å². The van der Waals surface area contributed by atoms with E-state index >= 15 is 0 Å². The highest BCUT2D eigenvalue weighted by Crippen LogP contribution is 2.35. The van der Waals surface area contributed by atoms with Gasteiger partial charge in [0.15, 0.2) is 5.58 Å². The lowest BCUT2D eigenvalue weighted by molar-refractivity contribution is 0.102. The number of carbonyl (C=O) groups is 1. The number of nitrogens with one attached hydrogen (secondary N) is 1. The van der Waals surface area contributed by atoms with Gasteiger partial charge in [-0.15, -0.1) is 11.3 Å². The molecule has 3 N–H and O–H groups in total. The molecule has 2 aromatic heterocycles. The molecule has 8 nitrogen and oxygen atoms in total. The van der Waals surface area contributed by atoms with Crippen LogP contribution < -0.4 is 20.9 Å². The third-order valence-corrected chi connectivity index (χ3v) is 7.32. The highest BCUT2D eigenvalue weighted by atomic mass is 32.1. The molecular formula is C28H32N6O2S. The Morgan fingerprint density at radius 1 is 1.16 bits per heavy atom. The number of anilines is 3. The summed E-state index contributed by atoms with van der Waals surface area (Å²) in [6.45, 7) is 9.37. The average molecular weight is 517 g/mol. The zero-order chi connectivity index (χ0) is 25.8. The number of aromatic nitrogens is 2. The highest BCUT2D eigenvalue weighted by molar-refractivity contribution is 7.11. The number of piperidine rings is 1. The van der Waals surface area contributed by atoms with Gasteiger partial charge in [-0.05, 0) is 57.0 Å². The van der Waals surface area contributed by atoms with Gasteiger partial charge in [-0.1, -0.05) is 24.3 Å². The molecule has 1 fully saturated rings. The van der Waals surface area contributed by atoms with E-state index in [0.29, 0.717) is 28.0 Å². The van der Waals surface area contributed by atoms with Gasteiger partial charge >= 0.3 is 0 Å². The fraction of sp³-hybridized carbons (Fsp3) is 0.321. The van der Waals surface area contributed by atoms with Crippen LogP contribution in [0, 0.1) is 0 Å². The predicted molar refractivity (Wildman–Crippen MR) is 152 cm³/mol. The molecule has 0 unspecified atom stereocenters. The number of rotatable bonds is 7. The second-order valence-electron chi connectivity index (χ2n) is 9.38. The zero-order valence-electron chi connectivity index (χ0n) is 21.1. The lowest BCUT2D eigenvalue weighted by Crippen LogP contribution is -2.29. The summed E-state index contributed by atoms with van der Waals surface area (Å²) in [7, 11) is 0. The molecule has 9 heteroatoms. The van der Waals surface area contributed by atoms with Crippen molar-refractivity contribution in [1.82, 2.24) is 9.97 Å². The number of hydrogen-bond donors (Lipinski definition) is 2. The first kappa shape index (κ1) is 24.8. The van der Waals surface area contributed by atoms with Crippen molar-refractivity contribution in [1.29, 1.82) is 0 Å². The van der Waals surface area contributed by atoms with Crippen molar-refractivity contribution in [2.24, 2.45) is 5.73 Å². The first-order valence-corrected chi connectivity index (χ1v) is 13.5. The van der Waals surface area contributed by atoms with E-state index in [9.17, 15) is 4.79 Å². The molecule has 0 aliphatic carbocycles. The van der Waals surface area contributed by atoms with Gasteiger partial charge in [0.2, 0.25) is 0 Å². The number of allylic oxidation sites excluding steroid dienone is 4. The molecule has 5 rings (SSSR count). The summed E-state index contributed by atoms with van der Waals surface area (Å²) in [6.07, 6.45) is 13.9. The minimum atomic E-state index is -0.280. The molecular weight excluding hydrogens is 484 g/mol. The van der Waals surface area contributed by atoms with Crippen LogP contribution in [0.2, 0.25) is 0 Å². The number of amides is 1. The van der Waals surface area contributed by atoms with Crippen LogP contribution in [0.25, 0.3) is 16.7 Å². The van der Waals surface area contributed by atoms with E-state index in [4.69, 9.17) is 15.1 Å². The summed E-state index contributed by atoms with van der Waals surface area (Å²) in [5.74, 6) is -0.280. The topological polar surface area (TPSA) is 101 Å². The maximum atomic E-state index is 13.3. The minimum Gasteiger partial charge on any atom is -0.423 e. The molecule has 0 spiro atoms. The van der Waals surface area contributed by atoms with E-state index in [1.54, 1.807) is 11.5 Å². The van der Waals surface area contributed by atoms with Crippen molar-refractivity contribution < 1.29 is 9.21 Å². The molecule has 192 valence electrons.